The molecule has 0 N–H and O–H groups in total. The number of carbonyl (C=O) groups excluding carboxylic acids is 1. The highest BCUT2D eigenvalue weighted by Crippen LogP contribution is 2.31. The molecular formula is C11H9ClO2S. The Labute approximate surface area is 96.4 Å². The summed E-state index contributed by atoms with van der Waals surface area (Å²) < 4.78 is 5.74. The van der Waals surface area contributed by atoms with Crippen LogP contribution in [0.15, 0.2) is 23.6 Å². The Hall–Kier alpha value is -1.06. The highest BCUT2D eigenvalue weighted by molar-refractivity contribution is 7.17. The number of benzene rings is 1. The molecule has 15 heavy (non-hydrogen) atoms. The van der Waals surface area contributed by atoms with Crippen LogP contribution in [0.4, 0.5) is 0 Å². The van der Waals surface area contributed by atoms with Gasteiger partial charge in [-0.25, -0.2) is 0 Å². The lowest BCUT2D eigenvalue weighted by Crippen LogP contribution is -2.04. The maximum atomic E-state index is 11.1. The van der Waals surface area contributed by atoms with E-state index >= 15 is 0 Å². The SMILES string of the molecule is COC(=O)Cc1ccc2sccc2c1Cl. The number of fused-ring (bicyclic) bond motifs is 1. The topological polar surface area (TPSA) is 26.3 Å². The summed E-state index contributed by atoms with van der Waals surface area (Å²) in [5.74, 6) is -0.272. The molecule has 2 nitrogen and oxygen atoms in total. The Kier molecular flexibility index (Phi) is 2.93. The number of esters is 1. The van der Waals surface area contributed by atoms with Crippen LogP contribution in [0.5, 0.6) is 0 Å². The van der Waals surface area contributed by atoms with Crippen LogP contribution < -0.4 is 0 Å². The smallest absolute Gasteiger partial charge is 0.310 e. The van der Waals surface area contributed by atoms with E-state index in [-0.39, 0.29) is 12.4 Å². The van der Waals surface area contributed by atoms with Gasteiger partial charge in [-0.2, -0.15) is 0 Å². The average Bonchev–Trinajstić information content (AvgIpc) is 2.70. The first-order valence-corrected chi connectivity index (χ1v) is 5.69. The molecule has 0 saturated heterocycles. The molecule has 0 amide bonds. The van der Waals surface area contributed by atoms with Gasteiger partial charge in [-0.15, -0.1) is 11.3 Å². The van der Waals surface area contributed by atoms with Gasteiger partial charge >= 0.3 is 5.97 Å². The van der Waals surface area contributed by atoms with E-state index in [9.17, 15) is 4.79 Å². The molecule has 2 rings (SSSR count). The minimum Gasteiger partial charge on any atom is -0.469 e. The minimum atomic E-state index is -0.272. The number of ether oxygens (including phenoxy) is 1. The number of thiophene rings is 1. The first kappa shape index (κ1) is 10.5. The zero-order valence-electron chi connectivity index (χ0n) is 8.12. The molecule has 78 valence electrons. The predicted molar refractivity (Wildman–Crippen MR) is 62.6 cm³/mol. The van der Waals surface area contributed by atoms with Gasteiger partial charge in [-0.3, -0.25) is 4.79 Å². The van der Waals surface area contributed by atoms with Crippen LogP contribution in [-0.4, -0.2) is 13.1 Å². The lowest BCUT2D eigenvalue weighted by molar-refractivity contribution is -0.139. The summed E-state index contributed by atoms with van der Waals surface area (Å²) in [7, 11) is 1.37. The Balaban J connectivity index is 2.43. The zero-order chi connectivity index (χ0) is 10.8. The van der Waals surface area contributed by atoms with Crippen molar-refractivity contribution >= 4 is 39.0 Å². The molecule has 0 fully saturated rings. The summed E-state index contributed by atoms with van der Waals surface area (Å²) >= 11 is 7.82. The predicted octanol–water partition coefficient (Wildman–Crippen LogP) is 3.27. The second-order valence-electron chi connectivity index (χ2n) is 3.12. The number of rotatable bonds is 2. The molecule has 0 bridgehead atoms. The molecule has 0 aliphatic heterocycles. The third-order valence-corrected chi connectivity index (χ3v) is 3.54. The number of methoxy groups -OCH3 is 1. The first-order chi connectivity index (χ1) is 7.22. The van der Waals surface area contributed by atoms with Gasteiger partial charge in [0, 0.05) is 10.1 Å². The standard InChI is InChI=1S/C11H9ClO2S/c1-14-10(13)6-7-2-3-9-8(11(7)12)4-5-15-9/h2-5H,6H2,1H3. The van der Waals surface area contributed by atoms with Crippen molar-refractivity contribution in [3.63, 3.8) is 0 Å². The van der Waals surface area contributed by atoms with Gasteiger partial charge in [0.2, 0.25) is 0 Å². The lowest BCUT2D eigenvalue weighted by Gasteiger charge is -2.03. The monoisotopic (exact) mass is 240 g/mol. The summed E-state index contributed by atoms with van der Waals surface area (Å²) in [4.78, 5) is 11.1. The fourth-order valence-electron chi connectivity index (χ4n) is 1.42. The third kappa shape index (κ3) is 1.98. The second-order valence-corrected chi connectivity index (χ2v) is 4.45. The summed E-state index contributed by atoms with van der Waals surface area (Å²) in [6.45, 7) is 0. The van der Waals surface area contributed by atoms with Crippen molar-refractivity contribution < 1.29 is 9.53 Å². The quantitative estimate of drug-likeness (QED) is 0.753. The number of carbonyl (C=O) groups is 1. The van der Waals surface area contributed by atoms with E-state index in [1.165, 1.54) is 7.11 Å². The Morgan fingerprint density at radius 2 is 2.27 bits per heavy atom. The van der Waals surface area contributed by atoms with E-state index in [1.54, 1.807) is 11.3 Å². The van der Waals surface area contributed by atoms with Gasteiger partial charge in [0.15, 0.2) is 0 Å². The largest absolute Gasteiger partial charge is 0.469 e. The van der Waals surface area contributed by atoms with Crippen molar-refractivity contribution in [3.8, 4) is 0 Å². The maximum absolute atomic E-state index is 11.1. The van der Waals surface area contributed by atoms with Crippen molar-refractivity contribution in [2.45, 2.75) is 6.42 Å². The van der Waals surface area contributed by atoms with E-state index < -0.39 is 0 Å². The molecule has 0 atom stereocenters. The highest BCUT2D eigenvalue weighted by atomic mass is 35.5. The Morgan fingerprint density at radius 1 is 1.47 bits per heavy atom. The van der Waals surface area contributed by atoms with Crippen molar-refractivity contribution in [1.82, 2.24) is 0 Å². The van der Waals surface area contributed by atoms with Crippen molar-refractivity contribution in [3.05, 3.63) is 34.2 Å². The molecule has 0 saturated carbocycles. The van der Waals surface area contributed by atoms with E-state index in [0.29, 0.717) is 5.02 Å². The number of hydrogen-bond donors (Lipinski definition) is 0. The molecule has 2 aromatic rings. The van der Waals surface area contributed by atoms with Crippen LogP contribution in [0.25, 0.3) is 10.1 Å². The van der Waals surface area contributed by atoms with Gasteiger partial charge in [0.25, 0.3) is 0 Å². The van der Waals surface area contributed by atoms with Crippen molar-refractivity contribution in [2.24, 2.45) is 0 Å². The van der Waals surface area contributed by atoms with Gasteiger partial charge in [-0.1, -0.05) is 17.7 Å². The molecule has 0 spiro atoms. The van der Waals surface area contributed by atoms with E-state index in [2.05, 4.69) is 4.74 Å². The Bertz CT molecular complexity index is 504. The molecule has 1 aromatic carbocycles. The van der Waals surface area contributed by atoms with Crippen LogP contribution in [0, 0.1) is 0 Å². The molecule has 0 aliphatic rings. The van der Waals surface area contributed by atoms with Crippen molar-refractivity contribution in [1.29, 1.82) is 0 Å². The number of hydrogen-bond acceptors (Lipinski definition) is 3. The van der Waals surface area contributed by atoms with Crippen LogP contribution in [0.2, 0.25) is 5.02 Å². The molecule has 0 unspecified atom stereocenters. The van der Waals surface area contributed by atoms with E-state index in [0.717, 1.165) is 15.6 Å². The summed E-state index contributed by atoms with van der Waals surface area (Å²) in [5.41, 5.74) is 0.814. The molecule has 0 aliphatic carbocycles. The highest BCUT2D eigenvalue weighted by Gasteiger charge is 2.10. The molecule has 4 heteroatoms. The summed E-state index contributed by atoms with van der Waals surface area (Å²) in [6.07, 6.45) is 0.223. The fraction of sp³-hybridized carbons (Fsp3) is 0.182. The number of halogens is 1. The van der Waals surface area contributed by atoms with Crippen LogP contribution in [0.1, 0.15) is 5.56 Å². The lowest BCUT2D eigenvalue weighted by atomic mass is 10.1. The third-order valence-electron chi connectivity index (χ3n) is 2.21. The van der Waals surface area contributed by atoms with E-state index in [1.807, 2.05) is 23.6 Å². The molecule has 1 aromatic heterocycles. The normalized spacial score (nSPS) is 10.5. The molecule has 0 radical (unpaired) electrons. The van der Waals surface area contributed by atoms with Crippen LogP contribution >= 0.6 is 22.9 Å². The molecular weight excluding hydrogens is 232 g/mol. The van der Waals surface area contributed by atoms with Gasteiger partial charge < -0.3 is 4.74 Å². The van der Waals surface area contributed by atoms with Gasteiger partial charge in [0.05, 0.1) is 18.6 Å². The maximum Gasteiger partial charge on any atom is 0.310 e. The summed E-state index contributed by atoms with van der Waals surface area (Å²) in [6, 6.07) is 5.81. The fourth-order valence-corrected chi connectivity index (χ4v) is 2.56. The zero-order valence-corrected chi connectivity index (χ0v) is 9.69. The first-order valence-electron chi connectivity index (χ1n) is 4.44. The minimum absolute atomic E-state index is 0.223. The second kappa shape index (κ2) is 4.21. The molecule has 1 heterocycles. The Morgan fingerprint density at radius 3 is 3.00 bits per heavy atom. The van der Waals surface area contributed by atoms with Gasteiger partial charge in [-0.05, 0) is 23.1 Å². The summed E-state index contributed by atoms with van der Waals surface area (Å²) in [5, 5.41) is 3.64. The van der Waals surface area contributed by atoms with E-state index in [4.69, 9.17) is 11.6 Å². The van der Waals surface area contributed by atoms with Crippen LogP contribution in [-0.2, 0) is 16.0 Å². The van der Waals surface area contributed by atoms with Crippen molar-refractivity contribution in [2.75, 3.05) is 7.11 Å². The van der Waals surface area contributed by atoms with Gasteiger partial charge in [0.1, 0.15) is 0 Å². The average molecular weight is 241 g/mol. The van der Waals surface area contributed by atoms with Crippen LogP contribution in [0.3, 0.4) is 0 Å².